The Bertz CT molecular complexity index is 460. The Morgan fingerprint density at radius 1 is 1.40 bits per heavy atom. The molecule has 0 aliphatic heterocycles. The van der Waals surface area contributed by atoms with Crippen LogP contribution in [0.25, 0.3) is 0 Å². The molecule has 0 aromatic carbocycles. The van der Waals surface area contributed by atoms with Crippen molar-refractivity contribution in [1.82, 2.24) is 4.98 Å². The van der Waals surface area contributed by atoms with Crippen LogP contribution in [0.4, 0.5) is 0 Å². The summed E-state index contributed by atoms with van der Waals surface area (Å²) < 4.78 is 5.06. The number of nitrogens with zero attached hydrogens (tertiary/aromatic N) is 1. The molecule has 0 saturated carbocycles. The summed E-state index contributed by atoms with van der Waals surface area (Å²) in [6.07, 6.45) is 3.90. The maximum atomic E-state index is 11.9. The van der Waals surface area contributed by atoms with E-state index in [1.54, 1.807) is 18.3 Å². The zero-order chi connectivity index (χ0) is 10.7. The second-order valence-corrected chi connectivity index (χ2v) is 3.17. The summed E-state index contributed by atoms with van der Waals surface area (Å²) in [4.78, 5) is 16.0. The topological polar surface area (TPSA) is 43.1 Å². The first-order chi connectivity index (χ1) is 7.33. The van der Waals surface area contributed by atoms with Crippen molar-refractivity contribution in [2.24, 2.45) is 0 Å². The quantitative estimate of drug-likeness (QED) is 0.716. The van der Waals surface area contributed by atoms with E-state index in [2.05, 4.69) is 4.98 Å². The van der Waals surface area contributed by atoms with Gasteiger partial charge >= 0.3 is 0 Å². The first-order valence-corrected chi connectivity index (χ1v) is 4.85. The molecule has 0 aliphatic rings. The second-order valence-electron chi connectivity index (χ2n) is 3.17. The van der Waals surface area contributed by atoms with Crippen LogP contribution in [-0.4, -0.2) is 10.8 Å². The highest BCUT2D eigenvalue weighted by atomic mass is 16.3. The highest BCUT2D eigenvalue weighted by Crippen LogP contribution is 2.12. The zero-order valence-electron chi connectivity index (χ0n) is 8.43. The molecule has 0 bridgehead atoms. The average molecular weight is 201 g/mol. The fourth-order valence-electron chi connectivity index (χ4n) is 1.45. The minimum atomic E-state index is -0.155. The maximum absolute atomic E-state index is 11.9. The molecule has 2 heterocycles. The molecule has 0 spiro atoms. The maximum Gasteiger partial charge on any atom is 0.246 e. The van der Waals surface area contributed by atoms with Gasteiger partial charge in [0.15, 0.2) is 5.76 Å². The number of carbonyl (C=O) groups excluding carboxylic acids is 1. The Labute approximate surface area is 87.8 Å². The summed E-state index contributed by atoms with van der Waals surface area (Å²) in [6.45, 7) is 2.00. The molecule has 0 N–H and O–H groups in total. The van der Waals surface area contributed by atoms with E-state index in [-0.39, 0.29) is 5.78 Å². The lowest BCUT2D eigenvalue weighted by Crippen LogP contribution is -2.06. The molecule has 15 heavy (non-hydrogen) atoms. The minimum Gasteiger partial charge on any atom is -0.461 e. The first-order valence-electron chi connectivity index (χ1n) is 4.85. The summed E-state index contributed by atoms with van der Waals surface area (Å²) in [7, 11) is 0. The highest BCUT2D eigenvalue weighted by Gasteiger charge is 2.15. The van der Waals surface area contributed by atoms with Crippen molar-refractivity contribution in [1.29, 1.82) is 0 Å². The van der Waals surface area contributed by atoms with Gasteiger partial charge in [-0.15, -0.1) is 0 Å². The van der Waals surface area contributed by atoms with Gasteiger partial charge in [0, 0.05) is 6.20 Å². The van der Waals surface area contributed by atoms with Crippen molar-refractivity contribution in [2.75, 3.05) is 0 Å². The third-order valence-corrected chi connectivity index (χ3v) is 2.23. The van der Waals surface area contributed by atoms with E-state index in [9.17, 15) is 4.79 Å². The van der Waals surface area contributed by atoms with Gasteiger partial charge in [0.2, 0.25) is 5.78 Å². The second kappa shape index (κ2) is 4.09. The first kappa shape index (κ1) is 9.65. The van der Waals surface area contributed by atoms with E-state index >= 15 is 0 Å². The predicted octanol–water partition coefficient (Wildman–Crippen LogP) is 2.47. The molecule has 0 saturated heterocycles. The van der Waals surface area contributed by atoms with Gasteiger partial charge in [0.1, 0.15) is 5.69 Å². The van der Waals surface area contributed by atoms with Crippen molar-refractivity contribution in [3.05, 3.63) is 53.7 Å². The van der Waals surface area contributed by atoms with E-state index in [0.717, 1.165) is 12.0 Å². The number of ketones is 1. The summed E-state index contributed by atoms with van der Waals surface area (Å²) >= 11 is 0. The molecule has 0 fully saturated rings. The number of aryl methyl sites for hydroxylation is 1. The molecule has 0 radical (unpaired) electrons. The van der Waals surface area contributed by atoms with E-state index in [1.165, 1.54) is 6.26 Å². The van der Waals surface area contributed by atoms with Gasteiger partial charge in [-0.1, -0.05) is 13.0 Å². The average Bonchev–Trinajstić information content (AvgIpc) is 2.81. The van der Waals surface area contributed by atoms with Crippen LogP contribution in [0.2, 0.25) is 0 Å². The van der Waals surface area contributed by atoms with Crippen LogP contribution >= 0.6 is 0 Å². The van der Waals surface area contributed by atoms with Crippen molar-refractivity contribution >= 4 is 5.78 Å². The van der Waals surface area contributed by atoms with E-state index < -0.39 is 0 Å². The standard InChI is InChI=1S/C12H11NO2/c1-2-9-5-3-7-13-11(9)12(14)10-6-4-8-15-10/h3-8H,2H2,1H3. The van der Waals surface area contributed by atoms with Crippen molar-refractivity contribution < 1.29 is 9.21 Å². The van der Waals surface area contributed by atoms with Gasteiger partial charge in [-0.2, -0.15) is 0 Å². The van der Waals surface area contributed by atoms with Crippen LogP contribution in [0.5, 0.6) is 0 Å². The lowest BCUT2D eigenvalue weighted by molar-refractivity contribution is 0.100. The lowest BCUT2D eigenvalue weighted by Gasteiger charge is -2.02. The van der Waals surface area contributed by atoms with E-state index in [1.807, 2.05) is 19.1 Å². The number of carbonyl (C=O) groups is 1. The van der Waals surface area contributed by atoms with Crippen LogP contribution < -0.4 is 0 Å². The molecule has 0 amide bonds. The summed E-state index contributed by atoms with van der Waals surface area (Å²) in [5.74, 6) is 0.181. The summed E-state index contributed by atoms with van der Waals surface area (Å²) in [5.41, 5.74) is 1.42. The number of pyridine rings is 1. The molecule has 2 aromatic rings. The van der Waals surface area contributed by atoms with Gasteiger partial charge < -0.3 is 4.42 Å². The third-order valence-electron chi connectivity index (χ3n) is 2.23. The molecule has 2 aromatic heterocycles. The SMILES string of the molecule is CCc1cccnc1C(=O)c1ccco1. The van der Waals surface area contributed by atoms with Crippen LogP contribution in [0, 0.1) is 0 Å². The Morgan fingerprint density at radius 2 is 2.27 bits per heavy atom. The van der Waals surface area contributed by atoms with Gasteiger partial charge in [-0.25, -0.2) is 0 Å². The monoisotopic (exact) mass is 201 g/mol. The van der Waals surface area contributed by atoms with Crippen LogP contribution in [0.3, 0.4) is 0 Å². The Kier molecular flexibility index (Phi) is 2.63. The highest BCUT2D eigenvalue weighted by molar-refractivity contribution is 6.06. The van der Waals surface area contributed by atoms with E-state index in [0.29, 0.717) is 11.5 Å². The van der Waals surface area contributed by atoms with Crippen LogP contribution in [0.1, 0.15) is 28.7 Å². The van der Waals surface area contributed by atoms with Crippen molar-refractivity contribution in [3.8, 4) is 0 Å². The lowest BCUT2D eigenvalue weighted by atomic mass is 10.1. The molecule has 0 unspecified atom stereocenters. The predicted molar refractivity (Wildman–Crippen MR) is 55.8 cm³/mol. The Morgan fingerprint density at radius 3 is 2.93 bits per heavy atom. The summed E-state index contributed by atoms with van der Waals surface area (Å²) in [5, 5.41) is 0. The molecule has 0 aliphatic carbocycles. The van der Waals surface area contributed by atoms with Crippen molar-refractivity contribution in [3.63, 3.8) is 0 Å². The molecule has 3 heteroatoms. The fraction of sp³-hybridized carbons (Fsp3) is 0.167. The molecule has 76 valence electrons. The van der Waals surface area contributed by atoms with Gasteiger partial charge in [-0.05, 0) is 30.2 Å². The number of hydrogen-bond acceptors (Lipinski definition) is 3. The van der Waals surface area contributed by atoms with Gasteiger partial charge in [0.05, 0.1) is 6.26 Å². The van der Waals surface area contributed by atoms with E-state index in [4.69, 9.17) is 4.42 Å². The molecule has 2 rings (SSSR count). The normalized spacial score (nSPS) is 10.2. The van der Waals surface area contributed by atoms with Crippen molar-refractivity contribution in [2.45, 2.75) is 13.3 Å². The van der Waals surface area contributed by atoms with Crippen LogP contribution in [0.15, 0.2) is 41.1 Å². The number of aromatic nitrogens is 1. The smallest absolute Gasteiger partial charge is 0.246 e. The fourth-order valence-corrected chi connectivity index (χ4v) is 1.45. The third kappa shape index (κ3) is 1.81. The number of rotatable bonds is 3. The summed E-state index contributed by atoms with van der Waals surface area (Å²) in [6, 6.07) is 7.08. The molecular weight excluding hydrogens is 190 g/mol. The Balaban J connectivity index is 2.42. The number of hydrogen-bond donors (Lipinski definition) is 0. The van der Waals surface area contributed by atoms with Crippen LogP contribution in [-0.2, 0) is 6.42 Å². The minimum absolute atomic E-state index is 0.155. The molecular formula is C12H11NO2. The largest absolute Gasteiger partial charge is 0.461 e. The van der Waals surface area contributed by atoms with Gasteiger partial charge in [0.25, 0.3) is 0 Å². The Hall–Kier alpha value is -1.90. The van der Waals surface area contributed by atoms with Gasteiger partial charge in [-0.3, -0.25) is 9.78 Å². The zero-order valence-corrected chi connectivity index (χ0v) is 8.43. The molecule has 3 nitrogen and oxygen atoms in total. The molecule has 0 atom stereocenters. The number of furan rings is 1.